The number of carbonyl (C=O) groups is 1. The molecule has 6 nitrogen and oxygen atoms in total. The van der Waals surface area contributed by atoms with E-state index in [2.05, 4.69) is 0 Å². The second-order valence-electron chi connectivity index (χ2n) is 5.55. The third kappa shape index (κ3) is 3.51. The fourth-order valence-electron chi connectivity index (χ4n) is 2.80. The Balaban J connectivity index is 1.51. The summed E-state index contributed by atoms with van der Waals surface area (Å²) in [6.07, 6.45) is 0.925. The summed E-state index contributed by atoms with van der Waals surface area (Å²) in [6, 6.07) is 7.56. The molecule has 2 aliphatic rings. The summed E-state index contributed by atoms with van der Waals surface area (Å²) < 4.78 is 17.0. The monoisotopic (exact) mass is 307 g/mol. The van der Waals surface area contributed by atoms with Gasteiger partial charge in [0.15, 0.2) is 17.6 Å². The molecule has 0 saturated carbocycles. The summed E-state index contributed by atoms with van der Waals surface area (Å²) in [5, 5.41) is 8.76. The zero-order valence-corrected chi connectivity index (χ0v) is 12.4. The normalized spacial score (nSPS) is 24.4. The van der Waals surface area contributed by atoms with E-state index in [0.717, 1.165) is 17.9 Å². The van der Waals surface area contributed by atoms with E-state index in [0.29, 0.717) is 26.1 Å². The lowest BCUT2D eigenvalue weighted by molar-refractivity contribution is -0.141. The Morgan fingerprint density at radius 3 is 2.91 bits per heavy atom. The van der Waals surface area contributed by atoms with Crippen LogP contribution >= 0.6 is 0 Å². The number of hydrogen-bond acceptors (Lipinski definition) is 5. The molecule has 120 valence electrons. The van der Waals surface area contributed by atoms with E-state index in [1.165, 1.54) is 0 Å². The molecule has 1 fully saturated rings. The molecule has 22 heavy (non-hydrogen) atoms. The van der Waals surface area contributed by atoms with Gasteiger partial charge < -0.3 is 24.2 Å². The molecule has 0 radical (unpaired) electrons. The van der Waals surface area contributed by atoms with E-state index >= 15 is 0 Å². The Kier molecular flexibility index (Phi) is 4.80. The lowest BCUT2D eigenvalue weighted by atomic mass is 10.1. The van der Waals surface area contributed by atoms with Crippen molar-refractivity contribution in [2.24, 2.45) is 0 Å². The maximum atomic E-state index is 12.2. The number of likely N-dealkylation sites (tertiary alicyclic amines) is 1. The Morgan fingerprint density at radius 2 is 2.14 bits per heavy atom. The second kappa shape index (κ2) is 6.98. The highest BCUT2D eigenvalue weighted by Gasteiger charge is 2.30. The van der Waals surface area contributed by atoms with Crippen molar-refractivity contribution in [3.63, 3.8) is 0 Å². The van der Waals surface area contributed by atoms with Crippen LogP contribution < -0.4 is 9.47 Å². The molecule has 1 amide bonds. The lowest BCUT2D eigenvalue weighted by Gasteiger charge is -2.35. The molecule has 1 N–H and O–H groups in total. The van der Waals surface area contributed by atoms with E-state index in [-0.39, 0.29) is 31.3 Å². The number of ether oxygens (including phenoxy) is 3. The molecule has 0 bridgehead atoms. The highest BCUT2D eigenvalue weighted by molar-refractivity contribution is 5.77. The summed E-state index contributed by atoms with van der Waals surface area (Å²) in [5.74, 6) is 1.55. The van der Waals surface area contributed by atoms with Crippen molar-refractivity contribution in [3.8, 4) is 11.5 Å². The fourth-order valence-corrected chi connectivity index (χ4v) is 2.80. The number of nitrogens with zero attached hydrogens (tertiary/aromatic N) is 1. The van der Waals surface area contributed by atoms with Crippen LogP contribution in [0.3, 0.4) is 0 Å². The number of hydrogen-bond donors (Lipinski definition) is 1. The molecule has 1 aromatic carbocycles. The summed E-state index contributed by atoms with van der Waals surface area (Å²) in [7, 11) is 0. The van der Waals surface area contributed by atoms with Crippen LogP contribution in [-0.4, -0.2) is 61.0 Å². The first-order valence-corrected chi connectivity index (χ1v) is 7.65. The number of benzene rings is 1. The molecular weight excluding hydrogens is 286 g/mol. The van der Waals surface area contributed by atoms with Gasteiger partial charge in [0.25, 0.3) is 0 Å². The number of piperidine rings is 1. The van der Waals surface area contributed by atoms with Crippen molar-refractivity contribution in [2.45, 2.75) is 25.0 Å². The summed E-state index contributed by atoms with van der Waals surface area (Å²) >= 11 is 0. The van der Waals surface area contributed by atoms with Crippen LogP contribution in [0.5, 0.6) is 11.5 Å². The first-order chi connectivity index (χ1) is 10.8. The van der Waals surface area contributed by atoms with Gasteiger partial charge >= 0.3 is 0 Å². The SMILES string of the molecule is O=C1CC(OCCO)CCN1CC1COc2ccccc2O1. The topological polar surface area (TPSA) is 68.2 Å². The van der Waals surface area contributed by atoms with Crippen LogP contribution in [0.2, 0.25) is 0 Å². The van der Waals surface area contributed by atoms with E-state index < -0.39 is 0 Å². The molecule has 1 aromatic rings. The average molecular weight is 307 g/mol. The summed E-state index contributed by atoms with van der Waals surface area (Å²) in [4.78, 5) is 14.0. The number of rotatable bonds is 5. The molecule has 0 aromatic heterocycles. The quantitative estimate of drug-likeness (QED) is 0.872. The van der Waals surface area contributed by atoms with Crippen LogP contribution in [0, 0.1) is 0 Å². The van der Waals surface area contributed by atoms with Gasteiger partial charge in [-0.05, 0) is 18.6 Å². The highest BCUT2D eigenvalue weighted by Crippen LogP contribution is 2.31. The van der Waals surface area contributed by atoms with E-state index in [1.807, 2.05) is 24.3 Å². The minimum atomic E-state index is -0.145. The Hall–Kier alpha value is -1.79. The van der Waals surface area contributed by atoms with Crippen molar-refractivity contribution < 1.29 is 24.1 Å². The minimum Gasteiger partial charge on any atom is -0.486 e. The van der Waals surface area contributed by atoms with Gasteiger partial charge in [-0.1, -0.05) is 12.1 Å². The van der Waals surface area contributed by atoms with Crippen LogP contribution in [0.15, 0.2) is 24.3 Å². The van der Waals surface area contributed by atoms with Gasteiger partial charge in [0.05, 0.1) is 32.3 Å². The largest absolute Gasteiger partial charge is 0.486 e. The minimum absolute atomic E-state index is 0.0128. The third-order valence-electron chi connectivity index (χ3n) is 3.91. The highest BCUT2D eigenvalue weighted by atomic mass is 16.6. The molecule has 0 spiro atoms. The molecule has 2 atom stereocenters. The van der Waals surface area contributed by atoms with Gasteiger partial charge in [-0.25, -0.2) is 0 Å². The number of aliphatic hydroxyl groups is 1. The zero-order valence-electron chi connectivity index (χ0n) is 12.4. The number of fused-ring (bicyclic) bond motifs is 1. The Bertz CT molecular complexity index is 521. The van der Waals surface area contributed by atoms with Gasteiger partial charge in [0.2, 0.25) is 5.91 Å². The van der Waals surface area contributed by atoms with Crippen molar-refractivity contribution in [2.75, 3.05) is 32.9 Å². The Morgan fingerprint density at radius 1 is 1.32 bits per heavy atom. The molecule has 2 aliphatic heterocycles. The van der Waals surface area contributed by atoms with Crippen LogP contribution in [0.25, 0.3) is 0 Å². The first kappa shape index (κ1) is 15.1. The lowest BCUT2D eigenvalue weighted by Crippen LogP contribution is -2.48. The summed E-state index contributed by atoms with van der Waals surface area (Å²) in [6.45, 7) is 1.90. The molecular formula is C16H21NO5. The fraction of sp³-hybridized carbons (Fsp3) is 0.562. The maximum absolute atomic E-state index is 12.2. The van der Waals surface area contributed by atoms with Crippen molar-refractivity contribution in [1.29, 1.82) is 0 Å². The van der Waals surface area contributed by atoms with Crippen LogP contribution in [0.4, 0.5) is 0 Å². The van der Waals surface area contributed by atoms with E-state index in [4.69, 9.17) is 19.3 Å². The van der Waals surface area contributed by atoms with Gasteiger partial charge in [0, 0.05) is 6.54 Å². The first-order valence-electron chi connectivity index (χ1n) is 7.65. The predicted octanol–water partition coefficient (Wildman–Crippen LogP) is 0.826. The molecule has 1 saturated heterocycles. The Labute approximate surface area is 129 Å². The number of amides is 1. The van der Waals surface area contributed by atoms with Crippen LogP contribution in [0.1, 0.15) is 12.8 Å². The van der Waals surface area contributed by atoms with E-state index in [1.54, 1.807) is 4.90 Å². The van der Waals surface area contributed by atoms with Crippen molar-refractivity contribution in [1.82, 2.24) is 4.90 Å². The predicted molar refractivity (Wildman–Crippen MR) is 79.0 cm³/mol. The third-order valence-corrected chi connectivity index (χ3v) is 3.91. The van der Waals surface area contributed by atoms with Gasteiger partial charge in [0.1, 0.15) is 6.61 Å². The number of carbonyl (C=O) groups excluding carboxylic acids is 1. The van der Waals surface area contributed by atoms with Crippen molar-refractivity contribution in [3.05, 3.63) is 24.3 Å². The van der Waals surface area contributed by atoms with Crippen LogP contribution in [-0.2, 0) is 9.53 Å². The molecule has 6 heteroatoms. The van der Waals surface area contributed by atoms with Gasteiger partial charge in [-0.15, -0.1) is 0 Å². The standard InChI is InChI=1S/C16H21NO5/c18-7-8-20-12-5-6-17(16(19)9-12)10-13-11-21-14-3-1-2-4-15(14)22-13/h1-4,12-13,18H,5-11H2. The van der Waals surface area contributed by atoms with Crippen molar-refractivity contribution >= 4 is 5.91 Å². The smallest absolute Gasteiger partial charge is 0.225 e. The molecule has 2 heterocycles. The van der Waals surface area contributed by atoms with E-state index in [9.17, 15) is 4.79 Å². The zero-order chi connectivity index (χ0) is 15.4. The summed E-state index contributed by atoms with van der Waals surface area (Å²) in [5.41, 5.74) is 0. The maximum Gasteiger partial charge on any atom is 0.225 e. The van der Waals surface area contributed by atoms with Gasteiger partial charge in [-0.2, -0.15) is 0 Å². The molecule has 2 unspecified atom stereocenters. The molecule has 0 aliphatic carbocycles. The van der Waals surface area contributed by atoms with Gasteiger partial charge in [-0.3, -0.25) is 4.79 Å². The average Bonchev–Trinajstić information content (AvgIpc) is 2.55. The number of para-hydroxylation sites is 2. The molecule has 3 rings (SSSR count). The second-order valence-corrected chi connectivity index (χ2v) is 5.55. The number of aliphatic hydroxyl groups excluding tert-OH is 1.